The Hall–Kier alpha value is -0.970. The molecular weight excluding hydrogens is 272 g/mol. The van der Waals surface area contributed by atoms with Crippen molar-refractivity contribution in [2.75, 3.05) is 0 Å². The first-order chi connectivity index (χ1) is 8.16. The molecule has 3 aromatic heterocycles. The van der Waals surface area contributed by atoms with Crippen LogP contribution in [0.4, 0.5) is 0 Å². The van der Waals surface area contributed by atoms with Crippen molar-refractivity contribution in [3.8, 4) is 10.7 Å². The molecule has 0 spiro atoms. The van der Waals surface area contributed by atoms with Crippen molar-refractivity contribution < 1.29 is 0 Å². The van der Waals surface area contributed by atoms with Crippen molar-refractivity contribution in [3.63, 3.8) is 0 Å². The number of fused-ring (bicyclic) bond motifs is 1. The molecule has 0 radical (unpaired) electrons. The van der Waals surface area contributed by atoms with Gasteiger partial charge < -0.3 is 0 Å². The van der Waals surface area contributed by atoms with Gasteiger partial charge in [-0.25, -0.2) is 9.97 Å². The Kier molecular flexibility index (Phi) is 2.65. The van der Waals surface area contributed by atoms with Crippen LogP contribution < -0.4 is 0 Å². The minimum Gasteiger partial charge on any atom is -0.216 e. The first kappa shape index (κ1) is 11.1. The van der Waals surface area contributed by atoms with Crippen molar-refractivity contribution in [2.45, 2.75) is 13.8 Å². The Bertz CT molecular complexity index is 686. The van der Waals surface area contributed by atoms with E-state index in [1.165, 1.54) is 10.4 Å². The summed E-state index contributed by atoms with van der Waals surface area (Å²) in [5, 5.41) is 3.57. The first-order valence-corrected chi connectivity index (χ1v) is 7.21. The predicted molar refractivity (Wildman–Crippen MR) is 75.2 cm³/mol. The van der Waals surface area contributed by atoms with Crippen LogP contribution >= 0.6 is 34.3 Å². The SMILES string of the molecule is Cc1sc2nc(-c3cccs3)nc(Cl)c2c1C. The molecule has 3 heterocycles. The van der Waals surface area contributed by atoms with E-state index in [0.717, 1.165) is 20.9 Å². The van der Waals surface area contributed by atoms with E-state index in [2.05, 4.69) is 23.8 Å². The molecule has 0 N–H and O–H groups in total. The van der Waals surface area contributed by atoms with Gasteiger partial charge in [0.25, 0.3) is 0 Å². The molecule has 86 valence electrons. The largest absolute Gasteiger partial charge is 0.216 e. The summed E-state index contributed by atoms with van der Waals surface area (Å²) in [6.45, 7) is 4.15. The molecule has 2 nitrogen and oxygen atoms in total. The van der Waals surface area contributed by atoms with E-state index in [9.17, 15) is 0 Å². The fourth-order valence-electron chi connectivity index (χ4n) is 1.72. The number of nitrogens with zero attached hydrogens (tertiary/aromatic N) is 2. The molecule has 3 aromatic rings. The van der Waals surface area contributed by atoms with Crippen molar-refractivity contribution in [1.82, 2.24) is 9.97 Å². The van der Waals surface area contributed by atoms with E-state index in [-0.39, 0.29) is 0 Å². The highest BCUT2D eigenvalue weighted by Gasteiger charge is 2.14. The predicted octanol–water partition coefficient (Wildman–Crippen LogP) is 4.69. The monoisotopic (exact) mass is 280 g/mol. The molecule has 0 saturated heterocycles. The number of hydrogen-bond donors (Lipinski definition) is 0. The summed E-state index contributed by atoms with van der Waals surface area (Å²) in [5.41, 5.74) is 1.19. The Morgan fingerprint density at radius 1 is 1.24 bits per heavy atom. The maximum atomic E-state index is 6.26. The van der Waals surface area contributed by atoms with Gasteiger partial charge in [-0.05, 0) is 30.9 Å². The highest BCUT2D eigenvalue weighted by Crippen LogP contribution is 2.35. The zero-order valence-corrected chi connectivity index (χ0v) is 11.7. The molecule has 0 fully saturated rings. The van der Waals surface area contributed by atoms with Gasteiger partial charge in [0.15, 0.2) is 5.82 Å². The number of rotatable bonds is 1. The van der Waals surface area contributed by atoms with E-state index in [1.807, 2.05) is 17.5 Å². The first-order valence-electron chi connectivity index (χ1n) is 5.14. The van der Waals surface area contributed by atoms with Gasteiger partial charge in [-0.2, -0.15) is 0 Å². The normalized spacial score (nSPS) is 11.2. The zero-order chi connectivity index (χ0) is 12.0. The number of thiophene rings is 2. The van der Waals surface area contributed by atoms with Gasteiger partial charge in [0.05, 0.1) is 10.3 Å². The number of aromatic nitrogens is 2. The lowest BCUT2D eigenvalue weighted by atomic mass is 10.2. The lowest BCUT2D eigenvalue weighted by Gasteiger charge is -1.99. The van der Waals surface area contributed by atoms with Crippen LogP contribution in [0.25, 0.3) is 20.9 Å². The Balaban J connectivity index is 2.32. The molecule has 17 heavy (non-hydrogen) atoms. The topological polar surface area (TPSA) is 25.8 Å². The van der Waals surface area contributed by atoms with Crippen LogP contribution in [0.15, 0.2) is 17.5 Å². The van der Waals surface area contributed by atoms with Crippen LogP contribution in [-0.2, 0) is 0 Å². The van der Waals surface area contributed by atoms with Gasteiger partial charge in [-0.15, -0.1) is 22.7 Å². The summed E-state index contributed by atoms with van der Waals surface area (Å²) in [6, 6.07) is 4.00. The molecule has 0 amide bonds. The average molecular weight is 281 g/mol. The summed E-state index contributed by atoms with van der Waals surface area (Å²) in [4.78, 5) is 12.3. The van der Waals surface area contributed by atoms with Crippen LogP contribution in [-0.4, -0.2) is 9.97 Å². The fraction of sp³-hybridized carbons (Fsp3) is 0.167. The zero-order valence-electron chi connectivity index (χ0n) is 9.32. The van der Waals surface area contributed by atoms with E-state index >= 15 is 0 Å². The Labute approximate surface area is 112 Å². The molecular formula is C12H9ClN2S2. The standard InChI is InChI=1S/C12H9ClN2S2/c1-6-7(2)17-12-9(6)10(13)14-11(15-12)8-4-3-5-16-8/h3-5H,1-2H3. The highest BCUT2D eigenvalue weighted by molar-refractivity contribution is 7.19. The van der Waals surface area contributed by atoms with Gasteiger partial charge in [0.2, 0.25) is 0 Å². The van der Waals surface area contributed by atoms with Gasteiger partial charge in [0, 0.05) is 4.88 Å². The molecule has 0 unspecified atom stereocenters. The number of aryl methyl sites for hydroxylation is 2. The van der Waals surface area contributed by atoms with Gasteiger partial charge in [-0.3, -0.25) is 0 Å². The van der Waals surface area contributed by atoms with Crippen LogP contribution in [0.1, 0.15) is 10.4 Å². The summed E-state index contributed by atoms with van der Waals surface area (Å²) < 4.78 is 0. The molecule has 0 aliphatic rings. The van der Waals surface area contributed by atoms with Crippen molar-refractivity contribution in [1.29, 1.82) is 0 Å². The second-order valence-electron chi connectivity index (χ2n) is 3.78. The van der Waals surface area contributed by atoms with Crippen molar-refractivity contribution in [2.24, 2.45) is 0 Å². The molecule has 0 saturated carbocycles. The highest BCUT2D eigenvalue weighted by atomic mass is 35.5. The second-order valence-corrected chi connectivity index (χ2v) is 6.29. The lowest BCUT2D eigenvalue weighted by Crippen LogP contribution is -1.88. The van der Waals surface area contributed by atoms with Crippen LogP contribution in [0, 0.1) is 13.8 Å². The smallest absolute Gasteiger partial charge is 0.172 e. The van der Waals surface area contributed by atoms with Crippen LogP contribution in [0.5, 0.6) is 0 Å². The van der Waals surface area contributed by atoms with Gasteiger partial charge in [0.1, 0.15) is 9.98 Å². The van der Waals surface area contributed by atoms with E-state index < -0.39 is 0 Å². The third kappa shape index (κ3) is 1.76. The fourth-order valence-corrected chi connectivity index (χ4v) is 3.77. The summed E-state index contributed by atoms with van der Waals surface area (Å²) in [7, 11) is 0. The third-order valence-corrected chi connectivity index (χ3v) is 4.97. The Morgan fingerprint density at radius 2 is 2.06 bits per heavy atom. The Morgan fingerprint density at radius 3 is 2.76 bits per heavy atom. The summed E-state index contributed by atoms with van der Waals surface area (Å²) in [5.74, 6) is 0.721. The lowest BCUT2D eigenvalue weighted by molar-refractivity contribution is 1.25. The molecule has 0 atom stereocenters. The molecule has 0 bridgehead atoms. The van der Waals surface area contributed by atoms with E-state index in [1.54, 1.807) is 22.7 Å². The maximum absolute atomic E-state index is 6.26. The molecule has 5 heteroatoms. The minimum atomic E-state index is 0.556. The molecule has 0 aliphatic carbocycles. The van der Waals surface area contributed by atoms with Crippen molar-refractivity contribution in [3.05, 3.63) is 33.1 Å². The quantitative estimate of drug-likeness (QED) is 0.604. The number of halogens is 1. The average Bonchev–Trinajstić information content (AvgIpc) is 2.88. The molecule has 0 aromatic carbocycles. The minimum absolute atomic E-state index is 0.556. The van der Waals surface area contributed by atoms with Crippen LogP contribution in [0.2, 0.25) is 5.15 Å². The molecule has 0 aliphatic heterocycles. The number of hydrogen-bond acceptors (Lipinski definition) is 4. The second kappa shape index (κ2) is 4.05. The van der Waals surface area contributed by atoms with Crippen molar-refractivity contribution >= 4 is 44.5 Å². The summed E-state index contributed by atoms with van der Waals surface area (Å²) in [6.07, 6.45) is 0. The molecule has 3 rings (SSSR count). The maximum Gasteiger partial charge on any atom is 0.172 e. The van der Waals surface area contributed by atoms with E-state index in [4.69, 9.17) is 11.6 Å². The van der Waals surface area contributed by atoms with E-state index in [0.29, 0.717) is 5.15 Å². The van der Waals surface area contributed by atoms with Gasteiger partial charge in [-0.1, -0.05) is 17.7 Å². The summed E-state index contributed by atoms with van der Waals surface area (Å²) >= 11 is 9.56. The third-order valence-electron chi connectivity index (χ3n) is 2.73. The van der Waals surface area contributed by atoms with Crippen LogP contribution in [0.3, 0.4) is 0 Å². The van der Waals surface area contributed by atoms with Gasteiger partial charge >= 0.3 is 0 Å².